The summed E-state index contributed by atoms with van der Waals surface area (Å²) in [6.07, 6.45) is 0.473. The van der Waals surface area contributed by atoms with E-state index in [1.165, 1.54) is 23.1 Å². The number of rotatable bonds is 3. The van der Waals surface area contributed by atoms with Crippen molar-refractivity contribution in [2.75, 3.05) is 19.3 Å². The normalized spacial score (nSPS) is 20.0. The average molecular weight is 348 g/mol. The molecule has 8 heteroatoms. The summed E-state index contributed by atoms with van der Waals surface area (Å²) in [5, 5.41) is 0. The van der Waals surface area contributed by atoms with E-state index < -0.39 is 16.1 Å². The molecule has 1 saturated heterocycles. The van der Waals surface area contributed by atoms with Gasteiger partial charge in [-0.05, 0) is 40.5 Å². The predicted molar refractivity (Wildman–Crippen MR) is 74.9 cm³/mol. The fraction of sp³-hybridized carbons (Fsp3) is 0.364. The molecule has 1 amide bonds. The number of nitrogens with two attached hydrogens (primary N) is 1. The number of halogens is 1. The third kappa shape index (κ3) is 2.90. The largest absolute Gasteiger partial charge is 0.399 e. The Morgan fingerprint density at radius 1 is 1.47 bits per heavy atom. The lowest BCUT2D eigenvalue weighted by Gasteiger charge is -2.13. The van der Waals surface area contributed by atoms with Gasteiger partial charge in [-0.1, -0.05) is 0 Å². The monoisotopic (exact) mass is 347 g/mol. The number of nitrogens with one attached hydrogen (secondary N) is 1. The molecule has 1 aromatic carbocycles. The van der Waals surface area contributed by atoms with E-state index in [0.29, 0.717) is 23.1 Å². The molecule has 1 aromatic rings. The molecule has 1 fully saturated rings. The average Bonchev–Trinajstić information content (AvgIpc) is 2.60. The van der Waals surface area contributed by atoms with Crippen molar-refractivity contribution in [1.29, 1.82) is 0 Å². The number of hydrogen-bond donors (Lipinski definition) is 2. The molecule has 2 rings (SSSR count). The van der Waals surface area contributed by atoms with E-state index >= 15 is 0 Å². The fourth-order valence-corrected chi connectivity index (χ4v) is 4.24. The summed E-state index contributed by atoms with van der Waals surface area (Å²) in [6.45, 7) is 0.551. The zero-order valence-electron chi connectivity index (χ0n) is 10.3. The van der Waals surface area contributed by atoms with Crippen molar-refractivity contribution in [3.63, 3.8) is 0 Å². The van der Waals surface area contributed by atoms with Gasteiger partial charge in [0.15, 0.2) is 0 Å². The molecule has 0 radical (unpaired) electrons. The van der Waals surface area contributed by atoms with Gasteiger partial charge in [-0.3, -0.25) is 4.79 Å². The van der Waals surface area contributed by atoms with Crippen LogP contribution < -0.4 is 10.5 Å². The highest BCUT2D eigenvalue weighted by atomic mass is 79.9. The van der Waals surface area contributed by atoms with E-state index in [-0.39, 0.29) is 10.8 Å². The number of sulfonamides is 1. The first-order chi connectivity index (χ1) is 8.81. The first kappa shape index (κ1) is 14.3. The van der Waals surface area contributed by atoms with Gasteiger partial charge in [-0.25, -0.2) is 8.42 Å². The van der Waals surface area contributed by atoms with Gasteiger partial charge in [-0.15, -0.1) is 0 Å². The third-order valence-corrected chi connectivity index (χ3v) is 5.42. The number of nitrogens with zero attached hydrogens (tertiary/aromatic N) is 1. The molecule has 19 heavy (non-hydrogen) atoms. The summed E-state index contributed by atoms with van der Waals surface area (Å²) in [7, 11) is -2.10. The van der Waals surface area contributed by atoms with Crippen molar-refractivity contribution in [3.8, 4) is 0 Å². The highest BCUT2D eigenvalue weighted by Crippen LogP contribution is 2.25. The number of benzene rings is 1. The molecule has 0 saturated carbocycles. The molecule has 1 atom stereocenters. The van der Waals surface area contributed by atoms with Crippen LogP contribution in [0.5, 0.6) is 0 Å². The van der Waals surface area contributed by atoms with Gasteiger partial charge in [0.1, 0.15) is 6.04 Å². The van der Waals surface area contributed by atoms with Crippen molar-refractivity contribution in [2.24, 2.45) is 0 Å². The van der Waals surface area contributed by atoms with Gasteiger partial charge >= 0.3 is 0 Å². The van der Waals surface area contributed by atoms with Gasteiger partial charge in [0.05, 0.1) is 4.90 Å². The molecular formula is C11H14BrN3O3S. The fourth-order valence-electron chi connectivity index (χ4n) is 1.92. The Balaban J connectivity index is 2.26. The van der Waals surface area contributed by atoms with Gasteiger partial charge in [-0.2, -0.15) is 4.72 Å². The van der Waals surface area contributed by atoms with E-state index in [2.05, 4.69) is 20.7 Å². The molecule has 0 aromatic heterocycles. The minimum absolute atomic E-state index is 0.0732. The molecule has 1 heterocycles. The van der Waals surface area contributed by atoms with Crippen molar-refractivity contribution >= 4 is 37.5 Å². The number of carbonyl (C=O) groups is 1. The summed E-state index contributed by atoms with van der Waals surface area (Å²) in [4.78, 5) is 13.3. The molecule has 1 aliphatic heterocycles. The van der Waals surface area contributed by atoms with Gasteiger partial charge in [0.2, 0.25) is 15.9 Å². The van der Waals surface area contributed by atoms with Crippen LogP contribution in [0.15, 0.2) is 27.6 Å². The Morgan fingerprint density at radius 3 is 2.68 bits per heavy atom. The van der Waals surface area contributed by atoms with Crippen molar-refractivity contribution in [1.82, 2.24) is 9.62 Å². The zero-order valence-corrected chi connectivity index (χ0v) is 12.7. The number of amides is 1. The van der Waals surface area contributed by atoms with Crippen LogP contribution in [-0.2, 0) is 14.8 Å². The lowest BCUT2D eigenvalue weighted by molar-refractivity contribution is -0.127. The van der Waals surface area contributed by atoms with Crippen LogP contribution in [-0.4, -0.2) is 38.9 Å². The Morgan fingerprint density at radius 2 is 2.16 bits per heavy atom. The lowest BCUT2D eigenvalue weighted by atomic mass is 10.3. The van der Waals surface area contributed by atoms with E-state index in [0.717, 1.165) is 0 Å². The predicted octanol–water partition coefficient (Wildman–Crippen LogP) is 0.540. The van der Waals surface area contributed by atoms with Crippen molar-refractivity contribution in [2.45, 2.75) is 17.4 Å². The Kier molecular flexibility index (Phi) is 3.84. The topological polar surface area (TPSA) is 92.5 Å². The summed E-state index contributed by atoms with van der Waals surface area (Å²) in [5.41, 5.74) is 6.03. The van der Waals surface area contributed by atoms with Gasteiger partial charge in [0.25, 0.3) is 0 Å². The maximum atomic E-state index is 12.2. The van der Waals surface area contributed by atoms with E-state index in [4.69, 9.17) is 5.73 Å². The highest BCUT2D eigenvalue weighted by Gasteiger charge is 2.33. The number of nitrogen functional groups attached to an aromatic ring is 1. The summed E-state index contributed by atoms with van der Waals surface area (Å²) in [5.74, 6) is -0.213. The van der Waals surface area contributed by atoms with Gasteiger partial charge < -0.3 is 10.6 Å². The number of anilines is 1. The molecule has 104 valence electrons. The quantitative estimate of drug-likeness (QED) is 0.780. The first-order valence-corrected chi connectivity index (χ1v) is 7.91. The highest BCUT2D eigenvalue weighted by molar-refractivity contribution is 9.10. The van der Waals surface area contributed by atoms with E-state index in [1.807, 2.05) is 0 Å². The van der Waals surface area contributed by atoms with Crippen LogP contribution in [0.1, 0.15) is 6.42 Å². The van der Waals surface area contributed by atoms with Crippen molar-refractivity contribution < 1.29 is 13.2 Å². The Hall–Kier alpha value is -1.12. The van der Waals surface area contributed by atoms with Crippen LogP contribution >= 0.6 is 15.9 Å². The minimum Gasteiger partial charge on any atom is -0.399 e. The second-order valence-electron chi connectivity index (χ2n) is 4.41. The molecule has 0 spiro atoms. The maximum absolute atomic E-state index is 12.2. The molecule has 1 unspecified atom stereocenters. The van der Waals surface area contributed by atoms with Gasteiger partial charge in [0, 0.05) is 23.8 Å². The summed E-state index contributed by atoms with van der Waals surface area (Å²) < 4.78 is 27.2. The number of likely N-dealkylation sites (N-methyl/N-ethyl adjacent to an activating group) is 1. The summed E-state index contributed by atoms with van der Waals surface area (Å²) >= 11 is 3.16. The molecule has 1 aliphatic rings. The molecule has 0 bridgehead atoms. The van der Waals surface area contributed by atoms with Crippen LogP contribution in [0.25, 0.3) is 0 Å². The summed E-state index contributed by atoms with van der Waals surface area (Å²) in [6, 6.07) is 3.73. The smallest absolute Gasteiger partial charge is 0.242 e. The number of likely N-dealkylation sites (tertiary alicyclic amines) is 1. The second kappa shape index (κ2) is 5.10. The van der Waals surface area contributed by atoms with Crippen LogP contribution in [0.4, 0.5) is 5.69 Å². The zero-order chi connectivity index (χ0) is 14.2. The van der Waals surface area contributed by atoms with Crippen LogP contribution in [0.2, 0.25) is 0 Å². The van der Waals surface area contributed by atoms with Crippen LogP contribution in [0.3, 0.4) is 0 Å². The lowest BCUT2D eigenvalue weighted by Crippen LogP contribution is -2.40. The van der Waals surface area contributed by atoms with E-state index in [9.17, 15) is 13.2 Å². The maximum Gasteiger partial charge on any atom is 0.242 e. The second-order valence-corrected chi connectivity index (χ2v) is 6.95. The van der Waals surface area contributed by atoms with E-state index in [1.54, 1.807) is 7.05 Å². The van der Waals surface area contributed by atoms with Crippen molar-refractivity contribution in [3.05, 3.63) is 22.7 Å². The Labute approximate surface area is 120 Å². The first-order valence-electron chi connectivity index (χ1n) is 5.63. The standard InChI is InChI=1S/C11H14BrN3O3S/c1-15-5-4-9(11(15)16)14-19(17,18)10-3-2-7(13)6-8(10)12/h2-3,6,9,14H,4-5,13H2,1H3. The number of hydrogen-bond acceptors (Lipinski definition) is 4. The molecular weight excluding hydrogens is 334 g/mol. The molecule has 6 nitrogen and oxygen atoms in total. The Bertz CT molecular complexity index is 618. The van der Waals surface area contributed by atoms with Crippen LogP contribution in [0, 0.1) is 0 Å². The third-order valence-electron chi connectivity index (χ3n) is 2.97. The number of carbonyl (C=O) groups excluding carboxylic acids is 1. The minimum atomic E-state index is -3.75. The molecule has 3 N–H and O–H groups in total. The molecule has 0 aliphatic carbocycles. The SMILES string of the molecule is CN1CCC(NS(=O)(=O)c2ccc(N)cc2Br)C1=O.